The van der Waals surface area contributed by atoms with Crippen LogP contribution in [0.1, 0.15) is 25.0 Å². The number of hydrogen-bond donors (Lipinski definition) is 1. The number of benzene rings is 2. The van der Waals surface area contributed by atoms with Crippen molar-refractivity contribution in [1.82, 2.24) is 4.98 Å². The van der Waals surface area contributed by atoms with Crippen LogP contribution in [0.3, 0.4) is 0 Å². The molecule has 0 bridgehead atoms. The van der Waals surface area contributed by atoms with Crippen LogP contribution in [-0.2, 0) is 30.5 Å². The number of alkyl halides is 3. The number of carbonyl (C=O) groups is 1. The largest absolute Gasteiger partial charge is 0.464 e. The molecule has 0 amide bonds. The van der Waals surface area contributed by atoms with Crippen LogP contribution in [0.4, 0.5) is 18.9 Å². The van der Waals surface area contributed by atoms with Crippen molar-refractivity contribution in [2.45, 2.75) is 31.0 Å². The first-order valence-electron chi connectivity index (χ1n) is 9.85. The minimum absolute atomic E-state index is 0.0744. The lowest BCUT2D eigenvalue weighted by Gasteiger charge is -2.13. The third-order valence-corrected chi connectivity index (χ3v) is 6.61. The van der Waals surface area contributed by atoms with Crippen molar-refractivity contribution in [1.29, 1.82) is 0 Å². The van der Waals surface area contributed by atoms with Gasteiger partial charge in [0.15, 0.2) is 6.10 Å². The molecule has 0 radical (unpaired) electrons. The Balaban J connectivity index is 1.87. The van der Waals surface area contributed by atoms with Crippen molar-refractivity contribution in [2.24, 2.45) is 0 Å². The Morgan fingerprint density at radius 2 is 2.00 bits per heavy atom. The second-order valence-corrected chi connectivity index (χ2v) is 9.42. The summed E-state index contributed by atoms with van der Waals surface area (Å²) >= 11 is 1.26. The first-order valence-corrected chi connectivity index (χ1v) is 12.2. The molecule has 0 fully saturated rings. The van der Waals surface area contributed by atoms with Crippen molar-refractivity contribution < 1.29 is 35.9 Å². The molecule has 0 aliphatic rings. The lowest BCUT2D eigenvalue weighted by Crippen LogP contribution is -2.23. The number of anilines is 1. The molecular formula is C22H19F3N2O5S2. The number of halogens is 3. The molecule has 1 heterocycles. The lowest BCUT2D eigenvalue weighted by atomic mass is 10.1. The standard InChI is InChI=1S/C22H19F3N2O5S2/c1-3-31-21(28)14(2)32-10-4-5-15-11-16(22(23,24)25)6-8-18(15)27-34(29,30)17-7-9-19-20(12-17)33-13-26-19/h6-9,11-14,27H,3,10H2,1-2H3. The number of nitrogens with one attached hydrogen (secondary N) is 1. The summed E-state index contributed by atoms with van der Waals surface area (Å²) in [6.07, 6.45) is -5.57. The van der Waals surface area contributed by atoms with Gasteiger partial charge in [-0.2, -0.15) is 13.2 Å². The summed E-state index contributed by atoms with van der Waals surface area (Å²) in [5.41, 5.74) is 0.866. The number of thiazole rings is 1. The molecule has 180 valence electrons. The predicted octanol–water partition coefficient (Wildman–Crippen LogP) is 4.44. The molecular weight excluding hydrogens is 493 g/mol. The molecule has 2 aromatic carbocycles. The third-order valence-electron chi connectivity index (χ3n) is 4.45. The predicted molar refractivity (Wildman–Crippen MR) is 121 cm³/mol. The Morgan fingerprint density at radius 3 is 2.71 bits per heavy atom. The average molecular weight is 513 g/mol. The van der Waals surface area contributed by atoms with Crippen LogP contribution < -0.4 is 4.72 Å². The van der Waals surface area contributed by atoms with Gasteiger partial charge in [-0.05, 0) is 50.2 Å². The monoisotopic (exact) mass is 512 g/mol. The van der Waals surface area contributed by atoms with Gasteiger partial charge in [-0.25, -0.2) is 18.2 Å². The maximum atomic E-state index is 13.2. The lowest BCUT2D eigenvalue weighted by molar-refractivity contribution is -0.154. The molecule has 3 aromatic rings. The molecule has 0 saturated carbocycles. The number of hydrogen-bond acceptors (Lipinski definition) is 7. The minimum atomic E-state index is -4.65. The summed E-state index contributed by atoms with van der Waals surface area (Å²) in [7, 11) is -4.13. The molecule has 0 saturated heterocycles. The van der Waals surface area contributed by atoms with Crippen molar-refractivity contribution in [3.8, 4) is 11.8 Å². The Bertz CT molecular complexity index is 1360. The van der Waals surface area contributed by atoms with Gasteiger partial charge in [0.2, 0.25) is 0 Å². The summed E-state index contributed by atoms with van der Waals surface area (Å²) in [6, 6.07) is 6.81. The molecule has 34 heavy (non-hydrogen) atoms. The number of rotatable bonds is 7. The smallest absolute Gasteiger partial charge is 0.416 e. The van der Waals surface area contributed by atoms with E-state index in [1.807, 2.05) is 0 Å². The second kappa shape index (κ2) is 10.4. The average Bonchev–Trinajstić information content (AvgIpc) is 3.24. The molecule has 1 N–H and O–H groups in total. The van der Waals surface area contributed by atoms with E-state index in [-0.39, 0.29) is 29.4 Å². The van der Waals surface area contributed by atoms with Crippen LogP contribution >= 0.6 is 11.3 Å². The van der Waals surface area contributed by atoms with Crippen molar-refractivity contribution in [3.63, 3.8) is 0 Å². The van der Waals surface area contributed by atoms with Crippen molar-refractivity contribution >= 4 is 43.2 Å². The van der Waals surface area contributed by atoms with Crippen LogP contribution in [-0.4, -0.2) is 38.7 Å². The van der Waals surface area contributed by atoms with Crippen LogP contribution in [0.15, 0.2) is 46.8 Å². The Morgan fingerprint density at radius 1 is 1.24 bits per heavy atom. The topological polar surface area (TPSA) is 94.6 Å². The van der Waals surface area contributed by atoms with E-state index in [2.05, 4.69) is 21.5 Å². The van der Waals surface area contributed by atoms with Gasteiger partial charge in [-0.15, -0.1) is 11.3 Å². The zero-order valence-electron chi connectivity index (χ0n) is 18.0. The molecule has 1 atom stereocenters. The van der Waals surface area contributed by atoms with Crippen LogP contribution in [0, 0.1) is 11.8 Å². The normalized spacial score (nSPS) is 12.6. The van der Waals surface area contributed by atoms with E-state index >= 15 is 0 Å². The summed E-state index contributed by atoms with van der Waals surface area (Å²) in [4.78, 5) is 15.6. The quantitative estimate of drug-likeness (QED) is 0.372. The van der Waals surface area contributed by atoms with Crippen molar-refractivity contribution in [2.75, 3.05) is 17.9 Å². The molecule has 0 spiro atoms. The maximum Gasteiger partial charge on any atom is 0.416 e. The van der Waals surface area contributed by atoms with Gasteiger partial charge in [0.25, 0.3) is 10.0 Å². The molecule has 1 unspecified atom stereocenters. The summed E-state index contributed by atoms with van der Waals surface area (Å²) in [6.45, 7) is 2.96. The van der Waals surface area contributed by atoms with Crippen molar-refractivity contribution in [3.05, 3.63) is 53.0 Å². The highest BCUT2D eigenvalue weighted by molar-refractivity contribution is 7.92. The Kier molecular flexibility index (Phi) is 7.81. The van der Waals surface area contributed by atoms with E-state index in [0.717, 1.165) is 18.2 Å². The fourth-order valence-electron chi connectivity index (χ4n) is 2.74. The minimum Gasteiger partial charge on any atom is -0.464 e. The highest BCUT2D eigenvalue weighted by Gasteiger charge is 2.31. The number of nitrogens with zero attached hydrogens (tertiary/aromatic N) is 1. The highest BCUT2D eigenvalue weighted by Crippen LogP contribution is 2.32. The number of esters is 1. The van der Waals surface area contributed by atoms with E-state index < -0.39 is 33.8 Å². The number of ether oxygens (including phenoxy) is 2. The summed E-state index contributed by atoms with van der Waals surface area (Å²) in [5, 5.41) is 0. The molecule has 12 heteroatoms. The maximum absolute atomic E-state index is 13.2. The first-order chi connectivity index (χ1) is 16.0. The fraction of sp³-hybridized carbons (Fsp3) is 0.273. The van der Waals surface area contributed by atoms with Gasteiger partial charge < -0.3 is 9.47 Å². The summed E-state index contributed by atoms with van der Waals surface area (Å²) < 4.78 is 78.3. The SMILES string of the molecule is CCOC(=O)C(C)OCC#Cc1cc(C(F)(F)F)ccc1NS(=O)(=O)c1ccc2ncsc2c1. The van der Waals surface area contributed by atoms with Gasteiger partial charge in [0.05, 0.1) is 38.5 Å². The van der Waals surface area contributed by atoms with Gasteiger partial charge in [-0.3, -0.25) is 4.72 Å². The van der Waals surface area contributed by atoms with Crippen LogP contribution in [0.5, 0.6) is 0 Å². The number of carbonyl (C=O) groups excluding carboxylic acids is 1. The Labute approximate surface area is 198 Å². The van der Waals surface area contributed by atoms with E-state index in [1.54, 1.807) is 12.4 Å². The zero-order valence-corrected chi connectivity index (χ0v) is 19.6. The molecule has 7 nitrogen and oxygen atoms in total. The van der Waals surface area contributed by atoms with Gasteiger partial charge in [0, 0.05) is 5.56 Å². The highest BCUT2D eigenvalue weighted by atomic mass is 32.2. The molecule has 0 aliphatic heterocycles. The van der Waals surface area contributed by atoms with Gasteiger partial charge in [-0.1, -0.05) is 11.8 Å². The molecule has 1 aromatic heterocycles. The van der Waals surface area contributed by atoms with Crippen LogP contribution in [0.2, 0.25) is 0 Å². The van der Waals surface area contributed by atoms with Gasteiger partial charge >= 0.3 is 12.1 Å². The fourth-order valence-corrected chi connectivity index (χ4v) is 4.64. The Hall–Kier alpha value is -3.14. The molecule has 0 aliphatic carbocycles. The van der Waals surface area contributed by atoms with E-state index in [1.165, 1.54) is 36.5 Å². The van der Waals surface area contributed by atoms with E-state index in [9.17, 15) is 26.4 Å². The summed E-state index contributed by atoms with van der Waals surface area (Å²) in [5.74, 6) is 4.39. The third kappa shape index (κ3) is 6.25. The number of aromatic nitrogens is 1. The number of sulfonamides is 1. The van der Waals surface area contributed by atoms with Gasteiger partial charge in [0.1, 0.15) is 6.61 Å². The first kappa shape index (κ1) is 25.5. The van der Waals surface area contributed by atoms with E-state index in [4.69, 9.17) is 9.47 Å². The van der Waals surface area contributed by atoms with E-state index in [0.29, 0.717) is 10.2 Å². The number of fused-ring (bicyclic) bond motifs is 1. The zero-order chi connectivity index (χ0) is 24.9. The second-order valence-electron chi connectivity index (χ2n) is 6.85. The van der Waals surface area contributed by atoms with Crippen LogP contribution in [0.25, 0.3) is 10.2 Å². The molecule has 3 rings (SSSR count).